The molecule has 1 aromatic heterocycles. The highest BCUT2D eigenvalue weighted by Gasteiger charge is 2.57. The van der Waals surface area contributed by atoms with Gasteiger partial charge in [-0.25, -0.2) is 0 Å². The van der Waals surface area contributed by atoms with Gasteiger partial charge < -0.3 is 14.8 Å². The van der Waals surface area contributed by atoms with Gasteiger partial charge in [0, 0.05) is 42.4 Å². The van der Waals surface area contributed by atoms with Gasteiger partial charge in [0.25, 0.3) is 0 Å². The Balaban J connectivity index is 1.47. The van der Waals surface area contributed by atoms with Crippen molar-refractivity contribution in [1.29, 1.82) is 0 Å². The van der Waals surface area contributed by atoms with Crippen LogP contribution in [0.15, 0.2) is 72.8 Å². The first-order chi connectivity index (χ1) is 16.5. The fourth-order valence-electron chi connectivity index (χ4n) is 6.31. The molecule has 34 heavy (non-hydrogen) atoms. The Hall–Kier alpha value is -2.79. The minimum absolute atomic E-state index is 0.408. The van der Waals surface area contributed by atoms with Gasteiger partial charge in [0.2, 0.25) is 0 Å². The number of halogens is 1. The summed E-state index contributed by atoms with van der Waals surface area (Å²) in [5.41, 5.74) is 4.44. The third kappa shape index (κ3) is 3.36. The number of ether oxygens (including phenoxy) is 1. The average molecular weight is 473 g/mol. The van der Waals surface area contributed by atoms with E-state index in [1.54, 1.807) is 7.11 Å². The van der Waals surface area contributed by atoms with Gasteiger partial charge in [-0.05, 0) is 47.9 Å². The van der Waals surface area contributed by atoms with E-state index in [1.807, 2.05) is 30.3 Å². The lowest BCUT2D eigenvalue weighted by atomic mass is 9.56. The van der Waals surface area contributed by atoms with Gasteiger partial charge in [-0.15, -0.1) is 0 Å². The van der Waals surface area contributed by atoms with Crippen LogP contribution >= 0.6 is 11.6 Å². The zero-order valence-corrected chi connectivity index (χ0v) is 20.1. The van der Waals surface area contributed by atoms with Crippen molar-refractivity contribution in [2.75, 3.05) is 20.2 Å². The number of nitrogens with zero attached hydrogens (tertiary/aromatic N) is 1. The summed E-state index contributed by atoms with van der Waals surface area (Å²) >= 11 is 6.55. The van der Waals surface area contributed by atoms with Gasteiger partial charge in [0.05, 0.1) is 23.3 Å². The van der Waals surface area contributed by atoms with Gasteiger partial charge in [-0.2, -0.15) is 0 Å². The fraction of sp³-hybridized carbons (Fsp3) is 0.310. The summed E-state index contributed by atoms with van der Waals surface area (Å²) in [6.45, 7) is 2.38. The third-order valence-electron chi connectivity index (χ3n) is 8.03. The molecule has 0 radical (unpaired) electrons. The van der Waals surface area contributed by atoms with Gasteiger partial charge in [0.15, 0.2) is 0 Å². The summed E-state index contributed by atoms with van der Waals surface area (Å²) in [6, 6.07) is 24.8. The number of H-pyrrole nitrogens is 1. The number of β-amino-alcohol motifs (C(OH)–C–C–N with tert-alkyl or cyclic N) is 1. The van der Waals surface area contributed by atoms with E-state index >= 15 is 0 Å². The first-order valence-corrected chi connectivity index (χ1v) is 12.3. The largest absolute Gasteiger partial charge is 0.497 e. The molecule has 1 saturated heterocycles. The average Bonchev–Trinajstić information content (AvgIpc) is 3.20. The Bertz CT molecular complexity index is 1350. The molecule has 0 amide bonds. The van der Waals surface area contributed by atoms with Crippen molar-refractivity contribution in [2.45, 2.75) is 36.8 Å². The minimum Gasteiger partial charge on any atom is -0.497 e. The van der Waals surface area contributed by atoms with E-state index in [2.05, 4.69) is 52.3 Å². The second kappa shape index (κ2) is 8.16. The fourth-order valence-corrected chi connectivity index (χ4v) is 6.53. The highest BCUT2D eigenvalue weighted by Crippen LogP contribution is 2.52. The highest BCUT2D eigenvalue weighted by atomic mass is 35.5. The topological polar surface area (TPSA) is 48.5 Å². The van der Waals surface area contributed by atoms with Crippen LogP contribution < -0.4 is 4.74 Å². The zero-order valence-electron chi connectivity index (χ0n) is 19.4. The molecular weight excluding hydrogens is 444 g/mol. The van der Waals surface area contributed by atoms with Crippen molar-refractivity contribution < 1.29 is 9.84 Å². The first kappa shape index (κ1) is 21.7. The molecule has 4 nitrogen and oxygen atoms in total. The summed E-state index contributed by atoms with van der Waals surface area (Å²) in [6.07, 6.45) is 2.20. The second-order valence-electron chi connectivity index (χ2n) is 9.89. The standard InChI is InChI=1S/C29H29ClN2O2/c1-34-22-10-5-9-21(15-22)28-13-14-32(18-20-7-3-2-4-8-20)19-29(28,33)16-24-23-11-6-12-25(30)27(23)31-26(24)17-28/h2-12,15,31,33H,13-14,16-19H2,1H3. The van der Waals surface area contributed by atoms with Crippen LogP contribution in [0.3, 0.4) is 0 Å². The molecule has 174 valence electrons. The number of hydrogen-bond acceptors (Lipinski definition) is 3. The predicted molar refractivity (Wildman–Crippen MR) is 137 cm³/mol. The summed E-state index contributed by atoms with van der Waals surface area (Å²) in [5.74, 6) is 0.825. The molecule has 6 rings (SSSR count). The number of fused-ring (bicyclic) bond motifs is 4. The normalized spacial score (nSPS) is 24.6. The number of para-hydroxylation sites is 1. The molecule has 0 bridgehead atoms. The van der Waals surface area contributed by atoms with Crippen LogP contribution in [0.25, 0.3) is 10.9 Å². The number of aromatic nitrogens is 1. The maximum absolute atomic E-state index is 12.6. The highest BCUT2D eigenvalue weighted by molar-refractivity contribution is 6.35. The zero-order chi connectivity index (χ0) is 23.3. The smallest absolute Gasteiger partial charge is 0.119 e. The van der Waals surface area contributed by atoms with Crippen LogP contribution in [0.2, 0.25) is 5.02 Å². The first-order valence-electron chi connectivity index (χ1n) is 11.9. The number of piperidine rings is 1. The molecule has 2 aliphatic rings. The lowest BCUT2D eigenvalue weighted by molar-refractivity contribution is -0.105. The van der Waals surface area contributed by atoms with E-state index in [4.69, 9.17) is 16.3 Å². The summed E-state index contributed by atoms with van der Waals surface area (Å²) in [7, 11) is 1.70. The van der Waals surface area contributed by atoms with Gasteiger partial charge in [0.1, 0.15) is 5.75 Å². The number of benzene rings is 3. The van der Waals surface area contributed by atoms with Crippen LogP contribution in [0.1, 0.15) is 28.8 Å². The van der Waals surface area contributed by atoms with E-state index in [-0.39, 0.29) is 0 Å². The van der Waals surface area contributed by atoms with E-state index in [1.165, 1.54) is 16.8 Å². The molecular formula is C29H29ClN2O2. The van der Waals surface area contributed by atoms with Crippen molar-refractivity contribution in [3.05, 3.63) is 100 Å². The Morgan fingerprint density at radius 2 is 1.85 bits per heavy atom. The van der Waals surface area contributed by atoms with E-state index in [0.717, 1.165) is 53.2 Å². The van der Waals surface area contributed by atoms with E-state index in [0.29, 0.717) is 13.0 Å². The SMILES string of the molecule is COc1cccc(C23CCN(Cc4ccccc4)CC2(O)Cc2c([nH]c4c(Cl)cccc24)C3)c1. The van der Waals surface area contributed by atoms with Crippen molar-refractivity contribution in [3.63, 3.8) is 0 Å². The van der Waals surface area contributed by atoms with Crippen LogP contribution in [0, 0.1) is 0 Å². The third-order valence-corrected chi connectivity index (χ3v) is 8.34. The van der Waals surface area contributed by atoms with Gasteiger partial charge in [-0.3, -0.25) is 4.90 Å². The molecule has 2 heterocycles. The van der Waals surface area contributed by atoms with Crippen molar-refractivity contribution in [1.82, 2.24) is 9.88 Å². The van der Waals surface area contributed by atoms with Gasteiger partial charge >= 0.3 is 0 Å². The van der Waals surface area contributed by atoms with Gasteiger partial charge in [-0.1, -0.05) is 66.2 Å². The number of methoxy groups -OCH3 is 1. The second-order valence-corrected chi connectivity index (χ2v) is 10.3. The summed E-state index contributed by atoms with van der Waals surface area (Å²) in [5, 5.41) is 14.4. The number of likely N-dealkylation sites (tertiary alicyclic amines) is 1. The molecule has 3 aromatic carbocycles. The molecule has 0 spiro atoms. The quantitative estimate of drug-likeness (QED) is 0.412. The monoisotopic (exact) mass is 472 g/mol. The molecule has 5 heteroatoms. The number of hydrogen-bond donors (Lipinski definition) is 2. The predicted octanol–water partition coefficient (Wildman–Crippen LogP) is 5.50. The number of aliphatic hydroxyl groups is 1. The minimum atomic E-state index is -0.920. The lowest BCUT2D eigenvalue weighted by Crippen LogP contribution is -2.66. The van der Waals surface area contributed by atoms with Crippen LogP contribution in [0.5, 0.6) is 5.75 Å². The number of nitrogens with one attached hydrogen (secondary N) is 1. The lowest BCUT2D eigenvalue weighted by Gasteiger charge is -2.56. The number of aromatic amines is 1. The van der Waals surface area contributed by atoms with Crippen molar-refractivity contribution in [2.24, 2.45) is 0 Å². The Morgan fingerprint density at radius 3 is 2.68 bits per heavy atom. The van der Waals surface area contributed by atoms with Crippen LogP contribution in [0.4, 0.5) is 0 Å². The Labute approximate surface area is 205 Å². The molecule has 2 atom stereocenters. The summed E-state index contributed by atoms with van der Waals surface area (Å²) < 4.78 is 5.57. The van der Waals surface area contributed by atoms with E-state index in [9.17, 15) is 5.11 Å². The Kier molecular flexibility index (Phi) is 5.21. The van der Waals surface area contributed by atoms with Crippen LogP contribution in [-0.4, -0.2) is 40.8 Å². The molecule has 2 unspecified atom stereocenters. The molecule has 1 aliphatic carbocycles. The van der Waals surface area contributed by atoms with Crippen molar-refractivity contribution >= 4 is 22.5 Å². The van der Waals surface area contributed by atoms with Crippen molar-refractivity contribution in [3.8, 4) is 5.75 Å². The van der Waals surface area contributed by atoms with E-state index < -0.39 is 11.0 Å². The maximum atomic E-state index is 12.6. The Morgan fingerprint density at radius 1 is 1.03 bits per heavy atom. The van der Waals surface area contributed by atoms with Crippen LogP contribution in [-0.2, 0) is 24.8 Å². The molecule has 4 aromatic rings. The number of rotatable bonds is 4. The molecule has 2 N–H and O–H groups in total. The maximum Gasteiger partial charge on any atom is 0.119 e. The molecule has 1 aliphatic heterocycles. The molecule has 0 saturated carbocycles. The summed E-state index contributed by atoms with van der Waals surface area (Å²) in [4.78, 5) is 6.02. The molecule has 1 fully saturated rings.